The number of benzene rings is 3. The molecular weight excluding hydrogens is 242 g/mol. The summed E-state index contributed by atoms with van der Waals surface area (Å²) < 4.78 is 0. The van der Waals surface area contributed by atoms with Crippen LogP contribution in [0.2, 0.25) is 0 Å². The standard InChI is InChI=1S/C19H17N/c1-2-3-8-14-15-9-4-6-11-17(15)19(13-20)18-12-7-5-10-16(14)18/h4-7,9-12H,2-3,8H2,1H3. The highest BCUT2D eigenvalue weighted by molar-refractivity contribution is 6.07. The molecule has 20 heavy (non-hydrogen) atoms. The highest BCUT2D eigenvalue weighted by atomic mass is 14.3. The quantitative estimate of drug-likeness (QED) is 0.592. The van der Waals surface area contributed by atoms with Gasteiger partial charge in [-0.15, -0.1) is 0 Å². The topological polar surface area (TPSA) is 23.8 Å². The van der Waals surface area contributed by atoms with Gasteiger partial charge in [-0.1, -0.05) is 61.9 Å². The van der Waals surface area contributed by atoms with Gasteiger partial charge in [-0.05, 0) is 29.2 Å². The van der Waals surface area contributed by atoms with Crippen LogP contribution >= 0.6 is 0 Å². The smallest absolute Gasteiger partial charge is 0.100 e. The van der Waals surface area contributed by atoms with E-state index in [0.29, 0.717) is 0 Å². The Labute approximate surface area is 119 Å². The van der Waals surface area contributed by atoms with E-state index in [1.807, 2.05) is 12.1 Å². The molecule has 0 unspecified atom stereocenters. The second kappa shape index (κ2) is 5.35. The van der Waals surface area contributed by atoms with Crippen LogP contribution in [0.3, 0.4) is 0 Å². The van der Waals surface area contributed by atoms with Gasteiger partial charge in [0.25, 0.3) is 0 Å². The molecule has 3 aromatic carbocycles. The molecule has 0 fully saturated rings. The molecule has 0 aliphatic heterocycles. The van der Waals surface area contributed by atoms with Crippen LogP contribution in [0.5, 0.6) is 0 Å². The van der Waals surface area contributed by atoms with Gasteiger partial charge in [0.2, 0.25) is 0 Å². The highest BCUT2D eigenvalue weighted by Crippen LogP contribution is 2.33. The minimum Gasteiger partial charge on any atom is -0.192 e. The average Bonchev–Trinajstić information content (AvgIpc) is 2.51. The van der Waals surface area contributed by atoms with Crippen molar-refractivity contribution in [3.63, 3.8) is 0 Å². The Morgan fingerprint density at radius 1 is 0.850 bits per heavy atom. The van der Waals surface area contributed by atoms with Crippen LogP contribution in [0.4, 0.5) is 0 Å². The Bertz CT molecular complexity index is 752. The summed E-state index contributed by atoms with van der Waals surface area (Å²) in [4.78, 5) is 0. The van der Waals surface area contributed by atoms with Gasteiger partial charge >= 0.3 is 0 Å². The Morgan fingerprint density at radius 2 is 1.35 bits per heavy atom. The summed E-state index contributed by atoms with van der Waals surface area (Å²) in [6, 6.07) is 19.0. The second-order valence-corrected chi connectivity index (χ2v) is 5.16. The first-order valence-corrected chi connectivity index (χ1v) is 7.19. The van der Waals surface area contributed by atoms with E-state index in [9.17, 15) is 5.26 Å². The average molecular weight is 259 g/mol. The summed E-state index contributed by atoms with van der Waals surface area (Å²) in [5, 5.41) is 14.2. The Morgan fingerprint density at radius 3 is 1.80 bits per heavy atom. The first-order chi connectivity index (χ1) is 9.86. The number of hydrogen-bond acceptors (Lipinski definition) is 1. The second-order valence-electron chi connectivity index (χ2n) is 5.16. The van der Waals surface area contributed by atoms with Crippen molar-refractivity contribution in [3.8, 4) is 6.07 Å². The zero-order valence-electron chi connectivity index (χ0n) is 11.7. The number of nitrogens with zero attached hydrogens (tertiary/aromatic N) is 1. The molecule has 0 saturated heterocycles. The van der Waals surface area contributed by atoms with Crippen LogP contribution in [0, 0.1) is 11.3 Å². The highest BCUT2D eigenvalue weighted by Gasteiger charge is 2.12. The zero-order chi connectivity index (χ0) is 13.9. The summed E-state index contributed by atoms with van der Waals surface area (Å²) in [6.07, 6.45) is 3.44. The van der Waals surface area contributed by atoms with E-state index in [1.54, 1.807) is 0 Å². The largest absolute Gasteiger partial charge is 0.192 e. The Hall–Kier alpha value is -2.33. The van der Waals surface area contributed by atoms with E-state index in [0.717, 1.165) is 22.8 Å². The molecule has 0 aliphatic carbocycles. The van der Waals surface area contributed by atoms with Crippen molar-refractivity contribution >= 4 is 21.5 Å². The van der Waals surface area contributed by atoms with Crippen molar-refractivity contribution in [2.75, 3.05) is 0 Å². The van der Waals surface area contributed by atoms with Crippen molar-refractivity contribution in [2.24, 2.45) is 0 Å². The molecule has 3 rings (SSSR count). The van der Waals surface area contributed by atoms with Crippen LogP contribution in [0.25, 0.3) is 21.5 Å². The van der Waals surface area contributed by atoms with Crippen molar-refractivity contribution in [1.82, 2.24) is 0 Å². The normalized spacial score (nSPS) is 10.8. The molecule has 0 saturated carbocycles. The maximum Gasteiger partial charge on any atom is 0.100 e. The minimum atomic E-state index is 0.802. The number of fused-ring (bicyclic) bond motifs is 2. The van der Waals surface area contributed by atoms with Crippen LogP contribution in [-0.4, -0.2) is 0 Å². The van der Waals surface area contributed by atoms with Gasteiger partial charge in [0.15, 0.2) is 0 Å². The fourth-order valence-corrected chi connectivity index (χ4v) is 2.96. The number of aryl methyl sites for hydroxylation is 1. The molecule has 1 nitrogen and oxygen atoms in total. The SMILES string of the molecule is CCCCc1c2ccccc2c(C#N)c2ccccc12. The van der Waals surface area contributed by atoms with Gasteiger partial charge in [0, 0.05) is 10.8 Å². The first-order valence-electron chi connectivity index (χ1n) is 7.19. The van der Waals surface area contributed by atoms with E-state index in [-0.39, 0.29) is 0 Å². The molecule has 0 heterocycles. The molecule has 98 valence electrons. The lowest BCUT2D eigenvalue weighted by atomic mass is 9.90. The molecule has 0 aromatic heterocycles. The predicted octanol–water partition coefficient (Wildman–Crippen LogP) is 5.21. The lowest BCUT2D eigenvalue weighted by Crippen LogP contribution is -1.93. The molecule has 3 aromatic rings. The third-order valence-electron chi connectivity index (χ3n) is 3.94. The first kappa shape index (κ1) is 12.7. The van der Waals surface area contributed by atoms with Gasteiger partial charge in [0.1, 0.15) is 6.07 Å². The monoisotopic (exact) mass is 259 g/mol. The fourth-order valence-electron chi connectivity index (χ4n) is 2.96. The molecule has 0 radical (unpaired) electrons. The number of hydrogen-bond donors (Lipinski definition) is 0. The number of rotatable bonds is 3. The van der Waals surface area contributed by atoms with Gasteiger partial charge in [-0.3, -0.25) is 0 Å². The van der Waals surface area contributed by atoms with E-state index in [4.69, 9.17) is 0 Å². The third kappa shape index (κ3) is 1.94. The number of unbranched alkanes of at least 4 members (excludes halogenated alkanes) is 1. The lowest BCUT2D eigenvalue weighted by molar-refractivity contribution is 0.802. The van der Waals surface area contributed by atoms with Gasteiger partial charge in [-0.2, -0.15) is 5.26 Å². The molecule has 0 N–H and O–H groups in total. The maximum absolute atomic E-state index is 9.55. The van der Waals surface area contributed by atoms with Crippen molar-refractivity contribution < 1.29 is 0 Å². The van der Waals surface area contributed by atoms with Gasteiger partial charge in [-0.25, -0.2) is 0 Å². The Balaban J connectivity index is 2.46. The summed E-state index contributed by atoms with van der Waals surface area (Å²) in [7, 11) is 0. The van der Waals surface area contributed by atoms with Crippen molar-refractivity contribution in [1.29, 1.82) is 5.26 Å². The zero-order valence-corrected chi connectivity index (χ0v) is 11.7. The molecule has 0 bridgehead atoms. The van der Waals surface area contributed by atoms with E-state index in [1.165, 1.54) is 29.2 Å². The Kier molecular flexibility index (Phi) is 3.39. The molecule has 0 amide bonds. The fraction of sp³-hybridized carbons (Fsp3) is 0.211. The van der Waals surface area contributed by atoms with Crippen molar-refractivity contribution in [2.45, 2.75) is 26.2 Å². The van der Waals surface area contributed by atoms with Crippen LogP contribution in [0.1, 0.15) is 30.9 Å². The summed E-state index contributed by atoms with van der Waals surface area (Å²) >= 11 is 0. The molecule has 0 spiro atoms. The lowest BCUT2D eigenvalue weighted by Gasteiger charge is -2.13. The molecule has 0 atom stereocenters. The maximum atomic E-state index is 9.55. The van der Waals surface area contributed by atoms with Crippen molar-refractivity contribution in [3.05, 3.63) is 59.7 Å². The van der Waals surface area contributed by atoms with E-state index < -0.39 is 0 Å². The van der Waals surface area contributed by atoms with Gasteiger partial charge < -0.3 is 0 Å². The third-order valence-corrected chi connectivity index (χ3v) is 3.94. The molecular formula is C19H17N. The predicted molar refractivity (Wildman–Crippen MR) is 84.8 cm³/mol. The van der Waals surface area contributed by atoms with Crippen LogP contribution < -0.4 is 0 Å². The van der Waals surface area contributed by atoms with Gasteiger partial charge in [0.05, 0.1) is 5.56 Å². The number of nitriles is 1. The van der Waals surface area contributed by atoms with E-state index >= 15 is 0 Å². The summed E-state index contributed by atoms with van der Waals surface area (Å²) in [5.74, 6) is 0. The van der Waals surface area contributed by atoms with E-state index in [2.05, 4.69) is 49.4 Å². The van der Waals surface area contributed by atoms with Crippen LogP contribution in [0.15, 0.2) is 48.5 Å². The molecule has 1 heteroatoms. The van der Waals surface area contributed by atoms with Crippen LogP contribution in [-0.2, 0) is 6.42 Å². The molecule has 0 aliphatic rings. The summed E-state index contributed by atoms with van der Waals surface area (Å²) in [5.41, 5.74) is 2.19. The minimum absolute atomic E-state index is 0.802. The summed E-state index contributed by atoms with van der Waals surface area (Å²) in [6.45, 7) is 2.22.